The molecule has 1 aromatic heterocycles. The lowest BCUT2D eigenvalue weighted by atomic mass is 10.2. The number of ether oxygens (including phenoxy) is 1. The third-order valence-electron chi connectivity index (χ3n) is 2.19. The van der Waals surface area contributed by atoms with E-state index in [1.54, 1.807) is 11.3 Å². The summed E-state index contributed by atoms with van der Waals surface area (Å²) in [5, 5.41) is 10.8. The fraction of sp³-hybridized carbons (Fsp3) is 0.750. The van der Waals surface area contributed by atoms with Crippen LogP contribution in [-0.2, 0) is 11.2 Å². The molecule has 1 rings (SSSR count). The Balaban J connectivity index is 2.42. The van der Waals surface area contributed by atoms with Gasteiger partial charge in [0.25, 0.3) is 0 Å². The third-order valence-corrected chi connectivity index (χ3v) is 3.29. The van der Waals surface area contributed by atoms with Gasteiger partial charge < -0.3 is 9.84 Å². The number of aromatic nitrogens is 1. The quantitative estimate of drug-likeness (QED) is 0.883. The molecule has 4 heteroatoms. The summed E-state index contributed by atoms with van der Waals surface area (Å²) in [6, 6.07) is 0. The van der Waals surface area contributed by atoms with E-state index in [2.05, 4.69) is 11.9 Å². The average Bonchev–Trinajstić information content (AvgIpc) is 2.41. The first-order chi connectivity index (χ1) is 7.28. The van der Waals surface area contributed by atoms with E-state index < -0.39 is 6.10 Å². The highest BCUT2D eigenvalue weighted by atomic mass is 32.1. The van der Waals surface area contributed by atoms with Gasteiger partial charge in [-0.15, -0.1) is 11.3 Å². The van der Waals surface area contributed by atoms with Crippen molar-refractivity contribution in [3.05, 3.63) is 15.6 Å². The molecule has 0 radical (unpaired) electrons. The summed E-state index contributed by atoms with van der Waals surface area (Å²) in [5.41, 5.74) is 0.860. The normalized spacial score (nSPS) is 14.1. The van der Waals surface area contributed by atoms with Crippen molar-refractivity contribution in [2.45, 2.75) is 52.7 Å². The molecular weight excluding hydrogens is 222 g/mol. The minimum absolute atomic E-state index is 0.199. The smallest absolute Gasteiger partial charge is 0.0957 e. The Morgan fingerprint density at radius 1 is 1.38 bits per heavy atom. The zero-order chi connectivity index (χ0) is 12.3. The van der Waals surface area contributed by atoms with Gasteiger partial charge in [0.15, 0.2) is 0 Å². The number of hydrogen-bond donors (Lipinski definition) is 1. The number of aliphatic hydroxyl groups is 1. The van der Waals surface area contributed by atoms with Gasteiger partial charge in [-0.25, -0.2) is 4.98 Å². The highest BCUT2D eigenvalue weighted by Crippen LogP contribution is 2.18. The van der Waals surface area contributed by atoms with Crippen LogP contribution in [0.15, 0.2) is 0 Å². The Morgan fingerprint density at radius 2 is 2.00 bits per heavy atom. The van der Waals surface area contributed by atoms with Crippen LogP contribution in [-0.4, -0.2) is 28.4 Å². The van der Waals surface area contributed by atoms with E-state index in [0.29, 0.717) is 13.0 Å². The first kappa shape index (κ1) is 13.6. The predicted octanol–water partition coefficient (Wildman–Crippen LogP) is 2.48. The maximum atomic E-state index is 9.81. The second-order valence-corrected chi connectivity index (χ2v) is 6.32. The van der Waals surface area contributed by atoms with Crippen LogP contribution in [0.2, 0.25) is 0 Å². The van der Waals surface area contributed by atoms with E-state index in [0.717, 1.165) is 10.7 Å². The largest absolute Gasteiger partial charge is 0.390 e. The van der Waals surface area contributed by atoms with Crippen LogP contribution < -0.4 is 0 Å². The molecule has 92 valence electrons. The van der Waals surface area contributed by atoms with Crippen molar-refractivity contribution in [1.82, 2.24) is 4.98 Å². The Kier molecular flexibility index (Phi) is 4.47. The van der Waals surface area contributed by atoms with Gasteiger partial charge in [-0.3, -0.25) is 0 Å². The molecule has 3 nitrogen and oxygen atoms in total. The second-order valence-electron chi connectivity index (χ2n) is 5.03. The van der Waals surface area contributed by atoms with Gasteiger partial charge in [0.05, 0.1) is 29.0 Å². The minimum Gasteiger partial charge on any atom is -0.390 e. The van der Waals surface area contributed by atoms with Crippen molar-refractivity contribution < 1.29 is 9.84 Å². The van der Waals surface area contributed by atoms with Gasteiger partial charge in [-0.2, -0.15) is 0 Å². The fourth-order valence-electron chi connectivity index (χ4n) is 1.23. The van der Waals surface area contributed by atoms with Gasteiger partial charge in [0.2, 0.25) is 0 Å². The first-order valence-corrected chi connectivity index (χ1v) is 6.34. The van der Waals surface area contributed by atoms with E-state index >= 15 is 0 Å². The number of nitrogens with zero attached hydrogens (tertiary/aromatic N) is 1. The zero-order valence-electron chi connectivity index (χ0n) is 10.7. The van der Waals surface area contributed by atoms with E-state index in [1.807, 2.05) is 27.7 Å². The SMILES string of the molecule is Cc1nc(CC(O)COC(C)(C)C)sc1C. The molecule has 1 atom stereocenters. The molecule has 0 saturated carbocycles. The van der Waals surface area contributed by atoms with Crippen LogP contribution in [0.25, 0.3) is 0 Å². The third kappa shape index (κ3) is 4.60. The molecule has 0 amide bonds. The maximum Gasteiger partial charge on any atom is 0.0957 e. The van der Waals surface area contributed by atoms with Crippen LogP contribution in [0.1, 0.15) is 36.3 Å². The van der Waals surface area contributed by atoms with Crippen molar-refractivity contribution in [2.24, 2.45) is 0 Å². The van der Waals surface area contributed by atoms with E-state index in [9.17, 15) is 5.11 Å². The summed E-state index contributed by atoms with van der Waals surface area (Å²) in [6.07, 6.45) is 0.110. The van der Waals surface area contributed by atoms with Crippen LogP contribution >= 0.6 is 11.3 Å². The molecule has 1 aromatic rings. The van der Waals surface area contributed by atoms with Crippen molar-refractivity contribution in [1.29, 1.82) is 0 Å². The van der Waals surface area contributed by atoms with Gasteiger partial charge >= 0.3 is 0 Å². The Labute approximate surface area is 101 Å². The summed E-state index contributed by atoms with van der Waals surface area (Å²) in [6.45, 7) is 10.4. The molecule has 0 saturated heterocycles. The molecule has 0 spiro atoms. The lowest BCUT2D eigenvalue weighted by Crippen LogP contribution is -2.27. The number of aliphatic hydroxyl groups excluding tert-OH is 1. The molecule has 1 heterocycles. The lowest BCUT2D eigenvalue weighted by Gasteiger charge is -2.21. The molecule has 0 aliphatic rings. The average molecular weight is 243 g/mol. The van der Waals surface area contributed by atoms with Crippen LogP contribution in [0.5, 0.6) is 0 Å². The van der Waals surface area contributed by atoms with E-state index in [-0.39, 0.29) is 5.60 Å². The summed E-state index contributed by atoms with van der Waals surface area (Å²) in [4.78, 5) is 5.62. The van der Waals surface area contributed by atoms with Crippen molar-refractivity contribution in [3.8, 4) is 0 Å². The van der Waals surface area contributed by atoms with Gasteiger partial charge in [0, 0.05) is 11.3 Å². The molecule has 1 unspecified atom stereocenters. The Bertz CT molecular complexity index is 322. The van der Waals surface area contributed by atoms with Crippen LogP contribution in [0, 0.1) is 13.8 Å². The monoisotopic (exact) mass is 243 g/mol. The highest BCUT2D eigenvalue weighted by molar-refractivity contribution is 7.11. The number of aryl methyl sites for hydroxylation is 2. The fourth-order valence-corrected chi connectivity index (χ4v) is 2.24. The van der Waals surface area contributed by atoms with E-state index in [1.165, 1.54) is 4.88 Å². The summed E-state index contributed by atoms with van der Waals surface area (Å²) in [7, 11) is 0. The van der Waals surface area contributed by atoms with Gasteiger partial charge in [-0.1, -0.05) is 0 Å². The number of hydrogen-bond acceptors (Lipinski definition) is 4. The molecule has 0 fully saturated rings. The van der Waals surface area contributed by atoms with Crippen LogP contribution in [0.3, 0.4) is 0 Å². The Morgan fingerprint density at radius 3 is 2.44 bits per heavy atom. The molecule has 16 heavy (non-hydrogen) atoms. The maximum absolute atomic E-state index is 9.81. The van der Waals surface area contributed by atoms with Crippen molar-refractivity contribution >= 4 is 11.3 Å². The topological polar surface area (TPSA) is 42.4 Å². The molecule has 0 aliphatic heterocycles. The highest BCUT2D eigenvalue weighted by Gasteiger charge is 2.15. The summed E-state index contributed by atoms with van der Waals surface area (Å²) < 4.78 is 5.53. The lowest BCUT2D eigenvalue weighted by molar-refractivity contribution is -0.0482. The summed E-state index contributed by atoms with van der Waals surface area (Å²) >= 11 is 1.65. The van der Waals surface area contributed by atoms with Crippen molar-refractivity contribution in [3.63, 3.8) is 0 Å². The second kappa shape index (κ2) is 5.25. The number of rotatable bonds is 4. The molecule has 0 aromatic carbocycles. The van der Waals surface area contributed by atoms with Gasteiger partial charge in [0.1, 0.15) is 0 Å². The molecule has 0 bridgehead atoms. The Hall–Kier alpha value is -0.450. The molecular formula is C12H21NO2S. The van der Waals surface area contributed by atoms with Crippen LogP contribution in [0.4, 0.5) is 0 Å². The van der Waals surface area contributed by atoms with Crippen molar-refractivity contribution in [2.75, 3.05) is 6.61 Å². The predicted molar refractivity (Wildman–Crippen MR) is 67.0 cm³/mol. The van der Waals surface area contributed by atoms with Gasteiger partial charge in [-0.05, 0) is 34.6 Å². The first-order valence-electron chi connectivity index (χ1n) is 5.53. The molecule has 1 N–H and O–H groups in total. The minimum atomic E-state index is -0.468. The zero-order valence-corrected chi connectivity index (χ0v) is 11.5. The number of thiazole rings is 1. The van der Waals surface area contributed by atoms with E-state index in [4.69, 9.17) is 4.74 Å². The molecule has 0 aliphatic carbocycles. The summed E-state index contributed by atoms with van der Waals surface area (Å²) in [5.74, 6) is 0. The standard InChI is InChI=1S/C12H21NO2S/c1-8-9(2)16-11(13-8)6-10(14)7-15-12(3,4)5/h10,14H,6-7H2,1-5H3.